The molecule has 188 valence electrons. The molecule has 1 aromatic rings. The molecule has 35 heavy (non-hydrogen) atoms. The van der Waals surface area contributed by atoms with Gasteiger partial charge in [-0.25, -0.2) is 10.3 Å². The molecule has 2 atom stereocenters. The fourth-order valence-corrected chi connectivity index (χ4v) is 5.72. The molecule has 2 N–H and O–H groups in total. The van der Waals surface area contributed by atoms with Crippen LogP contribution in [0.2, 0.25) is 0 Å². The maximum Gasteiger partial charge on any atom is 0.528 e. The molecule has 2 saturated carbocycles. The highest BCUT2D eigenvalue weighted by molar-refractivity contribution is 5.92. The minimum absolute atomic E-state index is 0.183. The van der Waals surface area contributed by atoms with E-state index in [2.05, 4.69) is 0 Å². The Hall–Kier alpha value is -2.91. The van der Waals surface area contributed by atoms with E-state index in [1.165, 1.54) is 5.06 Å². The maximum atomic E-state index is 13.8. The third-order valence-corrected chi connectivity index (χ3v) is 7.88. The first-order chi connectivity index (χ1) is 17.0. The van der Waals surface area contributed by atoms with Crippen LogP contribution < -0.4 is 5.48 Å². The summed E-state index contributed by atoms with van der Waals surface area (Å²) in [5.41, 5.74) is 3.60. The van der Waals surface area contributed by atoms with Crippen LogP contribution in [0.4, 0.5) is 4.79 Å². The summed E-state index contributed by atoms with van der Waals surface area (Å²) in [7, 11) is 0. The Bertz CT molecular complexity index is 986. The van der Waals surface area contributed by atoms with Crippen LogP contribution in [-0.2, 0) is 19.2 Å². The van der Waals surface area contributed by atoms with Crippen molar-refractivity contribution in [2.45, 2.75) is 63.5 Å². The Labute approximate surface area is 205 Å². The van der Waals surface area contributed by atoms with Gasteiger partial charge in [-0.05, 0) is 61.5 Å². The normalized spacial score (nSPS) is 26.2. The number of carbonyl (C=O) groups excluding carboxylic acids is 3. The minimum atomic E-state index is -1.03. The number of hydroxylamine groups is 3. The summed E-state index contributed by atoms with van der Waals surface area (Å²) in [6.45, 7) is 1.17. The summed E-state index contributed by atoms with van der Waals surface area (Å²) < 4.78 is 5.55. The van der Waals surface area contributed by atoms with E-state index in [4.69, 9.17) is 9.57 Å². The van der Waals surface area contributed by atoms with E-state index in [1.54, 1.807) is 10.4 Å². The van der Waals surface area contributed by atoms with Gasteiger partial charge in [0.2, 0.25) is 11.8 Å². The summed E-state index contributed by atoms with van der Waals surface area (Å²) in [5.74, 6) is -1.78. The molecule has 0 bridgehead atoms. The van der Waals surface area contributed by atoms with Crippen molar-refractivity contribution in [1.29, 1.82) is 0 Å². The molecule has 0 radical (unpaired) electrons. The van der Waals surface area contributed by atoms with Gasteiger partial charge < -0.3 is 14.5 Å². The number of ether oxygens (including phenoxy) is 1. The zero-order chi connectivity index (χ0) is 24.4. The van der Waals surface area contributed by atoms with Crippen molar-refractivity contribution in [1.82, 2.24) is 15.4 Å². The molecule has 2 heterocycles. The van der Waals surface area contributed by atoms with Crippen molar-refractivity contribution in [3.8, 4) is 0 Å². The van der Waals surface area contributed by atoms with Gasteiger partial charge in [0.15, 0.2) is 0 Å². The van der Waals surface area contributed by atoms with Crippen molar-refractivity contribution in [2.24, 2.45) is 11.3 Å². The van der Waals surface area contributed by atoms with Crippen LogP contribution in [0.25, 0.3) is 5.57 Å². The minimum Gasteiger partial charge on any atom is -0.430 e. The second kappa shape index (κ2) is 9.99. The first kappa shape index (κ1) is 23.8. The molecule has 4 aliphatic rings. The molecule has 9 nitrogen and oxygen atoms in total. The molecule has 0 aromatic heterocycles. The van der Waals surface area contributed by atoms with E-state index in [1.807, 2.05) is 36.4 Å². The predicted octanol–water partition coefficient (Wildman–Crippen LogP) is 3.29. The standard InChI is InChI=1S/C26H33N3O6/c30-23(27-33)21-15-26(12-13-26)17-29(35-25(32)34-20-9-5-2-6-10-20)22(21)24(31)28-14-11-19(16-28)18-7-3-1-4-8-18/h1,3-4,7-8,11,20-22,33H,2,5-6,9-10,12-17H2,(H,27,30). The van der Waals surface area contributed by atoms with Gasteiger partial charge in [0.25, 0.3) is 0 Å². The Kier molecular flexibility index (Phi) is 6.80. The lowest BCUT2D eigenvalue weighted by molar-refractivity contribution is -0.207. The number of carbonyl (C=O) groups is 3. The van der Waals surface area contributed by atoms with Gasteiger partial charge in [-0.15, -0.1) is 5.06 Å². The monoisotopic (exact) mass is 483 g/mol. The second-order valence-corrected chi connectivity index (χ2v) is 10.3. The van der Waals surface area contributed by atoms with Gasteiger partial charge in [-0.2, -0.15) is 0 Å². The highest BCUT2D eigenvalue weighted by Gasteiger charge is 2.57. The molecule has 3 fully saturated rings. The van der Waals surface area contributed by atoms with Crippen LogP contribution >= 0.6 is 0 Å². The molecule has 2 amide bonds. The zero-order valence-electron chi connectivity index (χ0n) is 19.9. The molecule has 2 unspecified atom stereocenters. The van der Waals surface area contributed by atoms with E-state index < -0.39 is 24.0 Å². The van der Waals surface area contributed by atoms with Crippen LogP contribution in [0.15, 0.2) is 36.4 Å². The highest BCUT2D eigenvalue weighted by atomic mass is 16.8. The quantitative estimate of drug-likeness (QED) is 0.376. The van der Waals surface area contributed by atoms with Crippen molar-refractivity contribution in [2.75, 3.05) is 19.6 Å². The highest BCUT2D eigenvalue weighted by Crippen LogP contribution is 2.55. The smallest absolute Gasteiger partial charge is 0.430 e. The first-order valence-electron chi connectivity index (χ1n) is 12.6. The van der Waals surface area contributed by atoms with Crippen LogP contribution in [0.5, 0.6) is 0 Å². The summed E-state index contributed by atoms with van der Waals surface area (Å²) in [4.78, 5) is 46.5. The average Bonchev–Trinajstić information content (AvgIpc) is 3.42. The SMILES string of the molecule is O=C(OC1CCCCC1)ON1CC2(CC2)CC(C(=O)NO)C1C(=O)N1CC=C(c2ccccc2)C1. The van der Waals surface area contributed by atoms with Crippen molar-refractivity contribution in [3.63, 3.8) is 0 Å². The average molecular weight is 484 g/mol. The Morgan fingerprint density at radius 3 is 2.49 bits per heavy atom. The van der Waals surface area contributed by atoms with E-state index >= 15 is 0 Å². The van der Waals surface area contributed by atoms with Crippen LogP contribution in [0, 0.1) is 11.3 Å². The number of amides is 2. The van der Waals surface area contributed by atoms with Gasteiger partial charge in [-0.1, -0.05) is 42.8 Å². The maximum absolute atomic E-state index is 13.8. The summed E-state index contributed by atoms with van der Waals surface area (Å²) in [5, 5.41) is 10.8. The third-order valence-electron chi connectivity index (χ3n) is 7.88. The predicted molar refractivity (Wildman–Crippen MR) is 126 cm³/mol. The first-order valence-corrected chi connectivity index (χ1v) is 12.6. The lowest BCUT2D eigenvalue weighted by atomic mass is 9.81. The summed E-state index contributed by atoms with van der Waals surface area (Å²) >= 11 is 0. The number of hydrogen-bond donors (Lipinski definition) is 2. The Balaban J connectivity index is 1.33. The number of nitrogens with zero attached hydrogens (tertiary/aromatic N) is 2. The third kappa shape index (κ3) is 5.21. The fourth-order valence-electron chi connectivity index (χ4n) is 5.72. The van der Waals surface area contributed by atoms with Crippen LogP contribution in [0.1, 0.15) is 56.9 Å². The van der Waals surface area contributed by atoms with E-state index in [0.29, 0.717) is 26.1 Å². The van der Waals surface area contributed by atoms with Gasteiger partial charge in [0.1, 0.15) is 12.1 Å². The number of piperidine rings is 1. The molecule has 1 spiro atoms. The largest absolute Gasteiger partial charge is 0.528 e. The van der Waals surface area contributed by atoms with Crippen LogP contribution in [-0.4, -0.2) is 64.9 Å². The fraction of sp³-hybridized carbons (Fsp3) is 0.577. The van der Waals surface area contributed by atoms with Crippen molar-refractivity contribution >= 4 is 23.5 Å². The van der Waals surface area contributed by atoms with Gasteiger partial charge >= 0.3 is 6.16 Å². The van der Waals surface area contributed by atoms with Crippen LogP contribution in [0.3, 0.4) is 0 Å². The van der Waals surface area contributed by atoms with Gasteiger partial charge in [-0.3, -0.25) is 14.8 Å². The van der Waals surface area contributed by atoms with E-state index in [-0.39, 0.29) is 17.4 Å². The second-order valence-electron chi connectivity index (χ2n) is 10.3. The lowest BCUT2D eigenvalue weighted by Crippen LogP contribution is -2.60. The summed E-state index contributed by atoms with van der Waals surface area (Å²) in [6, 6.07) is 8.80. The number of benzene rings is 1. The molecular formula is C26H33N3O6. The van der Waals surface area contributed by atoms with E-state index in [9.17, 15) is 19.6 Å². The zero-order valence-corrected chi connectivity index (χ0v) is 19.9. The van der Waals surface area contributed by atoms with E-state index in [0.717, 1.165) is 56.1 Å². The Morgan fingerprint density at radius 1 is 1.06 bits per heavy atom. The molecule has 2 aliphatic heterocycles. The number of rotatable bonds is 5. The van der Waals surface area contributed by atoms with Gasteiger partial charge in [0, 0.05) is 19.6 Å². The molecule has 5 rings (SSSR count). The molecule has 2 aliphatic carbocycles. The molecule has 1 saturated heterocycles. The van der Waals surface area contributed by atoms with Crippen molar-refractivity contribution in [3.05, 3.63) is 42.0 Å². The number of hydrogen-bond acceptors (Lipinski definition) is 7. The Morgan fingerprint density at radius 2 is 1.80 bits per heavy atom. The summed E-state index contributed by atoms with van der Waals surface area (Å²) in [6.07, 6.45) is 7.96. The van der Waals surface area contributed by atoms with Crippen molar-refractivity contribution < 1.29 is 29.2 Å². The molecular weight excluding hydrogens is 450 g/mol. The topological polar surface area (TPSA) is 108 Å². The molecule has 1 aromatic carbocycles. The number of nitrogens with one attached hydrogen (secondary N) is 1. The molecule has 9 heteroatoms. The lowest BCUT2D eigenvalue weighted by Gasteiger charge is -2.42. The van der Waals surface area contributed by atoms with Gasteiger partial charge in [0.05, 0.1) is 5.92 Å².